The molecule has 2 N–H and O–H groups in total. The molecule has 2 aromatic rings. The fraction of sp³-hybridized carbons (Fsp3) is 0.300. The van der Waals surface area contributed by atoms with Crippen LogP contribution in [0.2, 0.25) is 0 Å². The summed E-state index contributed by atoms with van der Waals surface area (Å²) in [4.78, 5) is 21.6. The summed E-state index contributed by atoms with van der Waals surface area (Å²) in [6.45, 7) is 11.1. The van der Waals surface area contributed by atoms with Gasteiger partial charge in [0, 0.05) is 19.5 Å². The number of benzene rings is 2. The zero-order valence-electron chi connectivity index (χ0n) is 15.7. The molecule has 0 spiro atoms. The van der Waals surface area contributed by atoms with Crippen molar-refractivity contribution < 1.29 is 39.3 Å². The Hall–Kier alpha value is -2.00. The molecular formula is C20H24O4Zn. The van der Waals surface area contributed by atoms with Crippen LogP contribution in [0.15, 0.2) is 24.3 Å². The molecule has 5 heteroatoms. The third kappa shape index (κ3) is 5.50. The van der Waals surface area contributed by atoms with Gasteiger partial charge in [0.15, 0.2) is 0 Å². The number of carboxylic acid groups (broad SMARTS) is 2. The van der Waals surface area contributed by atoms with Crippen LogP contribution in [0.25, 0.3) is 0 Å². The SMILES string of the molecule is Cc1ccc(C)c(C(=O)O)c1C.Cc1ccc(C)c(C(=O)O)c1C.[Zn]. The summed E-state index contributed by atoms with van der Waals surface area (Å²) < 4.78 is 0. The molecular weight excluding hydrogens is 370 g/mol. The number of carboxylic acids is 2. The van der Waals surface area contributed by atoms with Crippen molar-refractivity contribution >= 4 is 11.9 Å². The molecule has 0 aliphatic rings. The summed E-state index contributed by atoms with van der Waals surface area (Å²) in [5.74, 6) is -1.68. The van der Waals surface area contributed by atoms with E-state index in [0.29, 0.717) is 11.1 Å². The van der Waals surface area contributed by atoms with E-state index in [1.54, 1.807) is 0 Å². The monoisotopic (exact) mass is 392 g/mol. The van der Waals surface area contributed by atoms with Crippen LogP contribution in [0.3, 0.4) is 0 Å². The summed E-state index contributed by atoms with van der Waals surface area (Å²) in [7, 11) is 0. The van der Waals surface area contributed by atoms with Crippen molar-refractivity contribution in [2.75, 3.05) is 0 Å². The maximum absolute atomic E-state index is 10.8. The average molecular weight is 394 g/mol. The van der Waals surface area contributed by atoms with E-state index in [4.69, 9.17) is 10.2 Å². The molecule has 25 heavy (non-hydrogen) atoms. The molecule has 0 unspecified atom stereocenters. The van der Waals surface area contributed by atoms with Crippen molar-refractivity contribution in [1.82, 2.24) is 0 Å². The number of aromatic carboxylic acids is 2. The first kappa shape index (κ1) is 23.0. The van der Waals surface area contributed by atoms with Crippen molar-refractivity contribution in [3.05, 3.63) is 68.8 Å². The van der Waals surface area contributed by atoms with Crippen molar-refractivity contribution in [2.24, 2.45) is 0 Å². The maximum atomic E-state index is 10.8. The second kappa shape index (κ2) is 9.48. The van der Waals surface area contributed by atoms with Gasteiger partial charge < -0.3 is 10.2 Å². The first-order valence-corrected chi connectivity index (χ1v) is 7.68. The molecule has 0 bridgehead atoms. The van der Waals surface area contributed by atoms with Crippen LogP contribution < -0.4 is 0 Å². The molecule has 0 aliphatic heterocycles. The van der Waals surface area contributed by atoms with Crippen LogP contribution in [0.1, 0.15) is 54.1 Å². The molecule has 0 amide bonds. The van der Waals surface area contributed by atoms with E-state index in [1.807, 2.05) is 65.8 Å². The molecule has 0 radical (unpaired) electrons. The zero-order chi connectivity index (χ0) is 18.6. The van der Waals surface area contributed by atoms with Crippen LogP contribution in [0.4, 0.5) is 0 Å². The van der Waals surface area contributed by atoms with E-state index < -0.39 is 11.9 Å². The van der Waals surface area contributed by atoms with E-state index in [9.17, 15) is 9.59 Å². The van der Waals surface area contributed by atoms with Crippen LogP contribution in [-0.2, 0) is 19.5 Å². The van der Waals surface area contributed by atoms with Gasteiger partial charge in [0.1, 0.15) is 0 Å². The molecule has 0 fully saturated rings. The van der Waals surface area contributed by atoms with Gasteiger partial charge >= 0.3 is 11.9 Å². The number of carbonyl (C=O) groups is 2. The smallest absolute Gasteiger partial charge is 0.336 e. The van der Waals surface area contributed by atoms with Gasteiger partial charge in [-0.1, -0.05) is 24.3 Å². The fourth-order valence-electron chi connectivity index (χ4n) is 2.56. The predicted octanol–water partition coefficient (Wildman–Crippen LogP) is 4.62. The Morgan fingerprint density at radius 3 is 1.04 bits per heavy atom. The summed E-state index contributed by atoms with van der Waals surface area (Å²) >= 11 is 0. The van der Waals surface area contributed by atoms with Gasteiger partial charge in [0.2, 0.25) is 0 Å². The third-order valence-electron chi connectivity index (χ3n) is 4.32. The van der Waals surface area contributed by atoms with Crippen LogP contribution in [0.5, 0.6) is 0 Å². The van der Waals surface area contributed by atoms with Crippen molar-refractivity contribution in [2.45, 2.75) is 41.5 Å². The fourth-order valence-corrected chi connectivity index (χ4v) is 2.56. The quantitative estimate of drug-likeness (QED) is 0.730. The average Bonchev–Trinajstić information content (AvgIpc) is 2.48. The second-order valence-electron chi connectivity index (χ2n) is 6.01. The Labute approximate surface area is 161 Å². The second-order valence-corrected chi connectivity index (χ2v) is 6.01. The normalized spacial score (nSPS) is 9.52. The molecule has 0 aliphatic carbocycles. The minimum Gasteiger partial charge on any atom is -0.478 e. The Kier molecular flexibility index (Phi) is 8.72. The minimum absolute atomic E-state index is 0. The number of hydrogen-bond donors (Lipinski definition) is 2. The Morgan fingerprint density at radius 2 is 0.840 bits per heavy atom. The van der Waals surface area contributed by atoms with Crippen LogP contribution >= 0.6 is 0 Å². The van der Waals surface area contributed by atoms with Gasteiger partial charge in [0.05, 0.1) is 11.1 Å². The first-order valence-electron chi connectivity index (χ1n) is 7.68. The Morgan fingerprint density at radius 1 is 0.600 bits per heavy atom. The minimum atomic E-state index is -0.839. The van der Waals surface area contributed by atoms with Gasteiger partial charge in [-0.05, 0) is 74.9 Å². The molecule has 2 aromatic carbocycles. The van der Waals surface area contributed by atoms with Crippen molar-refractivity contribution in [3.63, 3.8) is 0 Å². The largest absolute Gasteiger partial charge is 0.478 e. The van der Waals surface area contributed by atoms with E-state index in [0.717, 1.165) is 33.4 Å². The van der Waals surface area contributed by atoms with Gasteiger partial charge in [-0.15, -0.1) is 0 Å². The van der Waals surface area contributed by atoms with Crippen molar-refractivity contribution in [1.29, 1.82) is 0 Å². The molecule has 0 atom stereocenters. The topological polar surface area (TPSA) is 74.6 Å². The molecule has 0 saturated heterocycles. The first-order chi connectivity index (χ1) is 11.1. The maximum Gasteiger partial charge on any atom is 0.336 e. The number of rotatable bonds is 2. The Bertz CT molecular complexity index is 727. The predicted molar refractivity (Wildman–Crippen MR) is 95.2 cm³/mol. The van der Waals surface area contributed by atoms with E-state index >= 15 is 0 Å². The molecule has 2 rings (SSSR count). The van der Waals surface area contributed by atoms with E-state index in [2.05, 4.69) is 0 Å². The molecule has 130 valence electrons. The van der Waals surface area contributed by atoms with Crippen LogP contribution in [-0.4, -0.2) is 22.2 Å². The number of aryl methyl sites for hydroxylation is 4. The molecule has 4 nitrogen and oxygen atoms in total. The molecule has 0 aromatic heterocycles. The third-order valence-corrected chi connectivity index (χ3v) is 4.32. The van der Waals surface area contributed by atoms with Crippen LogP contribution in [0, 0.1) is 41.5 Å². The summed E-state index contributed by atoms with van der Waals surface area (Å²) in [5.41, 5.74) is 6.31. The standard InChI is InChI=1S/2C10H12O2.Zn/c2*1-6-4-5-7(2)9(8(6)3)10(11)12;/h2*4-5H,1-3H3,(H,11,12);. The molecule has 0 heterocycles. The number of hydrogen-bond acceptors (Lipinski definition) is 2. The molecule has 0 saturated carbocycles. The summed E-state index contributed by atoms with van der Waals surface area (Å²) in [5, 5.41) is 17.7. The van der Waals surface area contributed by atoms with E-state index in [1.165, 1.54) is 0 Å². The summed E-state index contributed by atoms with van der Waals surface area (Å²) in [6.07, 6.45) is 0. The van der Waals surface area contributed by atoms with Gasteiger partial charge in [-0.3, -0.25) is 0 Å². The van der Waals surface area contributed by atoms with Gasteiger partial charge in [0.25, 0.3) is 0 Å². The summed E-state index contributed by atoms with van der Waals surface area (Å²) in [6, 6.07) is 7.56. The van der Waals surface area contributed by atoms with Crippen molar-refractivity contribution in [3.8, 4) is 0 Å². The van der Waals surface area contributed by atoms with E-state index in [-0.39, 0.29) is 19.5 Å². The Balaban J connectivity index is 0.000000443. The van der Waals surface area contributed by atoms with Gasteiger partial charge in [-0.25, -0.2) is 9.59 Å². The van der Waals surface area contributed by atoms with Gasteiger partial charge in [-0.2, -0.15) is 0 Å². The zero-order valence-corrected chi connectivity index (χ0v) is 18.7.